The normalized spacial score (nSPS) is 34.7. The smallest absolute Gasteiger partial charge is 0.310 e. The average molecular weight is 213 g/mol. The van der Waals surface area contributed by atoms with Gasteiger partial charge in [-0.3, -0.25) is 4.79 Å². The van der Waals surface area contributed by atoms with E-state index in [1.165, 1.54) is 6.42 Å². The van der Waals surface area contributed by atoms with Crippen LogP contribution in [0.2, 0.25) is 0 Å². The number of aliphatic carboxylic acids is 1. The average Bonchev–Trinajstić information content (AvgIpc) is 2.75. The van der Waals surface area contributed by atoms with Gasteiger partial charge in [0.2, 0.25) is 0 Å². The van der Waals surface area contributed by atoms with E-state index < -0.39 is 11.4 Å². The summed E-state index contributed by atoms with van der Waals surface area (Å²) in [7, 11) is 0. The third-order valence-corrected chi connectivity index (χ3v) is 3.49. The molecule has 0 aromatic carbocycles. The number of hydrogen-bond donors (Lipinski definition) is 2. The van der Waals surface area contributed by atoms with E-state index in [0.717, 1.165) is 12.8 Å². The van der Waals surface area contributed by atoms with E-state index in [9.17, 15) is 4.79 Å². The lowest BCUT2D eigenvalue weighted by Crippen LogP contribution is -2.44. The summed E-state index contributed by atoms with van der Waals surface area (Å²) in [5.41, 5.74) is -0.693. The van der Waals surface area contributed by atoms with Crippen LogP contribution in [-0.4, -0.2) is 35.9 Å². The van der Waals surface area contributed by atoms with Crippen molar-refractivity contribution in [3.8, 4) is 0 Å². The van der Waals surface area contributed by atoms with Gasteiger partial charge in [-0.25, -0.2) is 0 Å². The molecule has 15 heavy (non-hydrogen) atoms. The van der Waals surface area contributed by atoms with Gasteiger partial charge in [-0.1, -0.05) is 0 Å². The fourth-order valence-electron chi connectivity index (χ4n) is 2.31. The van der Waals surface area contributed by atoms with Crippen LogP contribution in [0, 0.1) is 5.41 Å². The summed E-state index contributed by atoms with van der Waals surface area (Å²) < 4.78 is 5.70. The zero-order valence-electron chi connectivity index (χ0n) is 9.32. The van der Waals surface area contributed by atoms with E-state index in [4.69, 9.17) is 9.84 Å². The van der Waals surface area contributed by atoms with Crippen molar-refractivity contribution in [1.82, 2.24) is 5.32 Å². The zero-order valence-corrected chi connectivity index (χ0v) is 9.32. The molecule has 2 aliphatic heterocycles. The van der Waals surface area contributed by atoms with Gasteiger partial charge in [-0.15, -0.1) is 0 Å². The fourth-order valence-corrected chi connectivity index (χ4v) is 2.31. The van der Waals surface area contributed by atoms with Crippen LogP contribution in [-0.2, 0) is 9.53 Å². The summed E-state index contributed by atoms with van der Waals surface area (Å²) in [4.78, 5) is 10.9. The molecule has 0 spiro atoms. The molecule has 0 saturated carbocycles. The molecule has 2 heterocycles. The van der Waals surface area contributed by atoms with Gasteiger partial charge in [0, 0.05) is 12.6 Å². The van der Waals surface area contributed by atoms with Crippen molar-refractivity contribution in [3.05, 3.63) is 0 Å². The number of hydrogen-bond acceptors (Lipinski definition) is 3. The van der Waals surface area contributed by atoms with Gasteiger partial charge in [0.05, 0.1) is 17.6 Å². The Hall–Kier alpha value is -0.610. The van der Waals surface area contributed by atoms with Crippen molar-refractivity contribution in [1.29, 1.82) is 0 Å². The van der Waals surface area contributed by atoms with E-state index in [2.05, 4.69) is 5.32 Å². The summed E-state index contributed by atoms with van der Waals surface area (Å²) in [6.07, 6.45) is 4.07. The Morgan fingerprint density at radius 2 is 2.27 bits per heavy atom. The quantitative estimate of drug-likeness (QED) is 0.731. The van der Waals surface area contributed by atoms with Crippen LogP contribution in [0.3, 0.4) is 0 Å². The molecular formula is C11H19NO3. The molecule has 2 N–H and O–H groups in total. The highest BCUT2D eigenvalue weighted by Crippen LogP contribution is 2.34. The lowest BCUT2D eigenvalue weighted by molar-refractivity contribution is -0.146. The van der Waals surface area contributed by atoms with Crippen molar-refractivity contribution >= 4 is 5.97 Å². The number of carboxylic acids is 1. The molecule has 2 saturated heterocycles. The van der Waals surface area contributed by atoms with Crippen molar-refractivity contribution in [2.24, 2.45) is 5.41 Å². The molecule has 2 aliphatic rings. The predicted octanol–water partition coefficient (Wildman–Crippen LogP) is 1.01. The highest BCUT2D eigenvalue weighted by atomic mass is 16.5. The van der Waals surface area contributed by atoms with Crippen molar-refractivity contribution in [2.45, 2.75) is 51.4 Å². The molecule has 4 nitrogen and oxygen atoms in total. The Bertz CT molecular complexity index is 265. The van der Waals surface area contributed by atoms with Gasteiger partial charge in [0.25, 0.3) is 0 Å². The molecule has 0 radical (unpaired) electrons. The van der Waals surface area contributed by atoms with Crippen LogP contribution in [0.25, 0.3) is 0 Å². The van der Waals surface area contributed by atoms with Crippen molar-refractivity contribution < 1.29 is 14.6 Å². The molecular weight excluding hydrogens is 194 g/mol. The monoisotopic (exact) mass is 213 g/mol. The van der Waals surface area contributed by atoms with E-state index in [0.29, 0.717) is 24.8 Å². The van der Waals surface area contributed by atoms with Gasteiger partial charge in [-0.2, -0.15) is 0 Å². The van der Waals surface area contributed by atoms with Crippen molar-refractivity contribution in [2.75, 3.05) is 6.54 Å². The first-order chi connectivity index (χ1) is 6.99. The van der Waals surface area contributed by atoms with E-state index >= 15 is 0 Å². The fraction of sp³-hybridized carbons (Fsp3) is 0.909. The third kappa shape index (κ3) is 2.16. The predicted molar refractivity (Wildman–Crippen MR) is 55.7 cm³/mol. The molecule has 3 unspecified atom stereocenters. The summed E-state index contributed by atoms with van der Waals surface area (Å²) in [5.74, 6) is -0.751. The number of fused-ring (bicyclic) bond motifs is 2. The molecule has 2 rings (SSSR count). The first kappa shape index (κ1) is 10.9. The first-order valence-electron chi connectivity index (χ1n) is 5.61. The summed E-state index contributed by atoms with van der Waals surface area (Å²) in [5, 5.41) is 12.3. The summed E-state index contributed by atoms with van der Waals surface area (Å²) in [6.45, 7) is 4.01. The van der Waals surface area contributed by atoms with Gasteiger partial charge in [0.1, 0.15) is 0 Å². The largest absolute Gasteiger partial charge is 0.481 e. The van der Waals surface area contributed by atoms with E-state index in [1.54, 1.807) is 13.8 Å². The molecule has 86 valence electrons. The summed E-state index contributed by atoms with van der Waals surface area (Å²) in [6, 6.07) is 0.363. The summed E-state index contributed by atoms with van der Waals surface area (Å²) >= 11 is 0. The Labute approximate surface area is 90.0 Å². The highest BCUT2D eigenvalue weighted by Gasteiger charge is 2.41. The van der Waals surface area contributed by atoms with Crippen LogP contribution in [0.1, 0.15) is 33.1 Å². The van der Waals surface area contributed by atoms with Crippen LogP contribution in [0.15, 0.2) is 0 Å². The Kier molecular flexibility index (Phi) is 2.73. The maximum Gasteiger partial charge on any atom is 0.310 e. The van der Waals surface area contributed by atoms with Gasteiger partial charge in [-0.05, 0) is 33.1 Å². The van der Waals surface area contributed by atoms with Crippen LogP contribution in [0.5, 0.6) is 0 Å². The number of rotatable bonds is 4. The molecule has 3 atom stereocenters. The van der Waals surface area contributed by atoms with E-state index in [-0.39, 0.29) is 0 Å². The van der Waals surface area contributed by atoms with Crippen LogP contribution >= 0.6 is 0 Å². The van der Waals surface area contributed by atoms with Crippen LogP contribution in [0.4, 0.5) is 0 Å². The molecule has 4 heteroatoms. The number of ether oxygens (including phenoxy) is 1. The third-order valence-electron chi connectivity index (χ3n) is 3.49. The number of carbonyl (C=O) groups is 1. The van der Waals surface area contributed by atoms with Crippen molar-refractivity contribution in [3.63, 3.8) is 0 Å². The number of carboxylic acid groups (broad SMARTS) is 1. The maximum atomic E-state index is 10.9. The molecule has 0 amide bonds. The first-order valence-corrected chi connectivity index (χ1v) is 5.61. The van der Waals surface area contributed by atoms with E-state index in [1.807, 2.05) is 0 Å². The Morgan fingerprint density at radius 1 is 1.53 bits per heavy atom. The Morgan fingerprint density at radius 3 is 2.73 bits per heavy atom. The molecule has 0 aromatic heterocycles. The lowest BCUT2D eigenvalue weighted by atomic mass is 9.91. The molecule has 0 aliphatic carbocycles. The number of nitrogens with one attached hydrogen (secondary N) is 1. The molecule has 2 bridgehead atoms. The maximum absolute atomic E-state index is 10.9. The lowest BCUT2D eigenvalue weighted by Gasteiger charge is -2.25. The molecule has 2 fully saturated rings. The SMILES string of the molecule is CC(C)(CNC1CC2CCC1O2)C(=O)O. The minimum Gasteiger partial charge on any atom is -0.481 e. The second-order valence-corrected chi connectivity index (χ2v) is 5.29. The van der Waals surface area contributed by atoms with Gasteiger partial charge < -0.3 is 15.2 Å². The minimum atomic E-state index is -0.751. The topological polar surface area (TPSA) is 58.6 Å². The minimum absolute atomic E-state index is 0.319. The van der Waals surface area contributed by atoms with Gasteiger partial charge in [0.15, 0.2) is 0 Å². The second-order valence-electron chi connectivity index (χ2n) is 5.29. The molecule has 0 aromatic rings. The second kappa shape index (κ2) is 3.76. The van der Waals surface area contributed by atoms with Gasteiger partial charge >= 0.3 is 5.97 Å². The highest BCUT2D eigenvalue weighted by molar-refractivity contribution is 5.73. The Balaban J connectivity index is 1.81. The zero-order chi connectivity index (χ0) is 11.1. The standard InChI is InChI=1S/C11H19NO3/c1-11(2,10(13)14)6-12-8-5-7-3-4-9(8)15-7/h7-9,12H,3-6H2,1-2H3,(H,13,14). The van der Waals surface area contributed by atoms with Crippen LogP contribution < -0.4 is 5.32 Å².